The highest BCUT2D eigenvalue weighted by Crippen LogP contribution is 2.30. The van der Waals surface area contributed by atoms with Crippen LogP contribution in [0, 0.1) is 0 Å². The molecule has 1 saturated heterocycles. The van der Waals surface area contributed by atoms with Gasteiger partial charge in [-0.3, -0.25) is 14.5 Å². The van der Waals surface area contributed by atoms with Gasteiger partial charge in [-0.2, -0.15) is 0 Å². The van der Waals surface area contributed by atoms with E-state index in [0.717, 1.165) is 15.7 Å². The van der Waals surface area contributed by atoms with E-state index in [2.05, 4.69) is 21.2 Å². The van der Waals surface area contributed by atoms with Crippen molar-refractivity contribution in [1.29, 1.82) is 0 Å². The number of para-hydroxylation sites is 1. The van der Waals surface area contributed by atoms with Crippen LogP contribution < -0.4 is 5.32 Å². The van der Waals surface area contributed by atoms with E-state index in [1.807, 2.05) is 78.9 Å². The number of amidine groups is 1. The Balaban J connectivity index is 1.53. The summed E-state index contributed by atoms with van der Waals surface area (Å²) in [5.41, 5.74) is 2.48. The number of nitrogens with zero attached hydrogens (tertiary/aromatic N) is 2. The molecule has 1 fully saturated rings. The van der Waals surface area contributed by atoms with Crippen molar-refractivity contribution in [3.05, 3.63) is 93.9 Å². The molecular formula is C25H21BrClN3O2S. The Kier molecular flexibility index (Phi) is 7.85. The molecule has 1 atom stereocenters. The van der Waals surface area contributed by atoms with Crippen LogP contribution in [0.4, 0.5) is 11.4 Å². The number of anilines is 1. The number of amides is 2. The summed E-state index contributed by atoms with van der Waals surface area (Å²) in [6, 6.07) is 24.4. The fraction of sp³-hybridized carbons (Fsp3) is 0.160. The van der Waals surface area contributed by atoms with Crippen molar-refractivity contribution >= 4 is 67.6 Å². The molecule has 0 radical (unpaired) electrons. The number of aliphatic imine (C=N–C) groups is 1. The number of hydrogen-bond donors (Lipinski definition) is 1. The van der Waals surface area contributed by atoms with Crippen LogP contribution in [0.25, 0.3) is 0 Å². The average molecular weight is 543 g/mol. The van der Waals surface area contributed by atoms with Crippen molar-refractivity contribution in [2.24, 2.45) is 4.99 Å². The largest absolute Gasteiger partial charge is 0.325 e. The topological polar surface area (TPSA) is 61.8 Å². The molecule has 1 unspecified atom stereocenters. The van der Waals surface area contributed by atoms with Gasteiger partial charge in [0.2, 0.25) is 11.8 Å². The molecule has 4 rings (SSSR count). The minimum atomic E-state index is -0.564. The van der Waals surface area contributed by atoms with Gasteiger partial charge >= 0.3 is 0 Å². The maximum Gasteiger partial charge on any atom is 0.238 e. The van der Waals surface area contributed by atoms with Crippen molar-refractivity contribution in [1.82, 2.24) is 4.90 Å². The Morgan fingerprint density at radius 1 is 1.09 bits per heavy atom. The van der Waals surface area contributed by atoms with Crippen molar-refractivity contribution in [3.8, 4) is 0 Å². The Labute approximate surface area is 210 Å². The number of carbonyl (C=O) groups is 2. The van der Waals surface area contributed by atoms with Crippen LogP contribution in [-0.4, -0.2) is 33.7 Å². The number of benzene rings is 3. The Bertz CT molecular complexity index is 1170. The molecule has 0 aromatic heterocycles. The first-order valence-electron chi connectivity index (χ1n) is 10.4. The summed E-state index contributed by atoms with van der Waals surface area (Å²) in [4.78, 5) is 32.5. The summed E-state index contributed by atoms with van der Waals surface area (Å²) in [7, 11) is 0. The average Bonchev–Trinajstić information content (AvgIpc) is 2.80. The SMILES string of the molecule is O=C(Nc1cccc(Br)c1)C1CC(=O)N(CCc2ccc(Cl)cc2)C(=Nc2ccccc2)S1. The Morgan fingerprint density at radius 3 is 2.58 bits per heavy atom. The van der Waals surface area contributed by atoms with Crippen molar-refractivity contribution in [3.63, 3.8) is 0 Å². The summed E-state index contributed by atoms with van der Waals surface area (Å²) in [6.45, 7) is 0.471. The van der Waals surface area contributed by atoms with Gasteiger partial charge in [-0.15, -0.1) is 0 Å². The zero-order chi connectivity index (χ0) is 23.2. The molecule has 0 bridgehead atoms. The Hall–Kier alpha value is -2.61. The molecule has 0 aliphatic carbocycles. The van der Waals surface area contributed by atoms with Gasteiger partial charge in [0.15, 0.2) is 5.17 Å². The highest BCUT2D eigenvalue weighted by Gasteiger charge is 2.35. The van der Waals surface area contributed by atoms with E-state index in [9.17, 15) is 9.59 Å². The van der Waals surface area contributed by atoms with E-state index < -0.39 is 5.25 Å². The third-order valence-electron chi connectivity index (χ3n) is 5.04. The van der Waals surface area contributed by atoms with Crippen molar-refractivity contribution < 1.29 is 9.59 Å². The van der Waals surface area contributed by atoms with Gasteiger partial charge in [-0.1, -0.05) is 75.7 Å². The predicted octanol–water partition coefficient (Wildman–Crippen LogP) is 6.31. The molecule has 1 aliphatic rings. The van der Waals surface area contributed by atoms with Crippen molar-refractivity contribution in [2.75, 3.05) is 11.9 Å². The molecule has 0 saturated carbocycles. The molecule has 1 heterocycles. The number of thioether (sulfide) groups is 1. The van der Waals surface area contributed by atoms with Crippen LogP contribution in [-0.2, 0) is 16.0 Å². The lowest BCUT2D eigenvalue weighted by molar-refractivity contribution is -0.129. The van der Waals surface area contributed by atoms with E-state index >= 15 is 0 Å². The quantitative estimate of drug-likeness (QED) is 0.397. The maximum absolute atomic E-state index is 13.1. The minimum absolute atomic E-state index is 0.110. The van der Waals surface area contributed by atoms with E-state index in [4.69, 9.17) is 16.6 Å². The van der Waals surface area contributed by atoms with Crippen LogP contribution in [0.15, 0.2) is 88.3 Å². The van der Waals surface area contributed by atoms with E-state index in [0.29, 0.717) is 28.8 Å². The molecule has 1 aliphatic heterocycles. The van der Waals surface area contributed by atoms with Crippen LogP contribution in [0.2, 0.25) is 5.02 Å². The minimum Gasteiger partial charge on any atom is -0.325 e. The van der Waals surface area contributed by atoms with Gasteiger partial charge in [-0.25, -0.2) is 4.99 Å². The first-order valence-corrected chi connectivity index (χ1v) is 12.4. The second kappa shape index (κ2) is 11.0. The molecule has 3 aromatic rings. The monoisotopic (exact) mass is 541 g/mol. The lowest BCUT2D eigenvalue weighted by Gasteiger charge is -2.32. The summed E-state index contributed by atoms with van der Waals surface area (Å²) in [5, 5.41) is 3.55. The number of nitrogens with one attached hydrogen (secondary N) is 1. The van der Waals surface area contributed by atoms with E-state index in [-0.39, 0.29) is 18.2 Å². The van der Waals surface area contributed by atoms with E-state index in [1.165, 1.54) is 11.8 Å². The van der Waals surface area contributed by atoms with Gasteiger partial charge in [0.05, 0.1) is 5.69 Å². The number of rotatable bonds is 6. The van der Waals surface area contributed by atoms with Crippen LogP contribution in [0.1, 0.15) is 12.0 Å². The lowest BCUT2D eigenvalue weighted by Crippen LogP contribution is -2.46. The molecule has 8 heteroatoms. The van der Waals surface area contributed by atoms with Crippen LogP contribution in [0.5, 0.6) is 0 Å². The molecule has 5 nitrogen and oxygen atoms in total. The first kappa shape index (κ1) is 23.5. The first-order chi connectivity index (χ1) is 16.0. The number of hydrogen-bond acceptors (Lipinski definition) is 4. The Morgan fingerprint density at radius 2 is 1.85 bits per heavy atom. The van der Waals surface area contributed by atoms with E-state index in [1.54, 1.807) is 4.90 Å². The molecule has 2 amide bonds. The van der Waals surface area contributed by atoms with Gasteiger partial charge in [0.1, 0.15) is 5.25 Å². The molecule has 168 valence electrons. The molecule has 33 heavy (non-hydrogen) atoms. The maximum atomic E-state index is 13.1. The van der Waals surface area contributed by atoms with Gasteiger partial charge in [-0.05, 0) is 54.4 Å². The molecule has 0 spiro atoms. The normalized spacial score (nSPS) is 17.3. The molecule has 1 N–H and O–H groups in total. The summed E-state index contributed by atoms with van der Waals surface area (Å²) in [5.74, 6) is -0.337. The summed E-state index contributed by atoms with van der Waals surface area (Å²) < 4.78 is 0.868. The smallest absolute Gasteiger partial charge is 0.238 e. The van der Waals surface area contributed by atoms with Gasteiger partial charge in [0.25, 0.3) is 0 Å². The van der Waals surface area contributed by atoms with Crippen molar-refractivity contribution in [2.45, 2.75) is 18.1 Å². The third-order valence-corrected chi connectivity index (χ3v) is 6.98. The highest BCUT2D eigenvalue weighted by molar-refractivity contribution is 9.10. The summed E-state index contributed by atoms with van der Waals surface area (Å²) in [6.07, 6.45) is 0.769. The molecule has 3 aromatic carbocycles. The van der Waals surface area contributed by atoms with Gasteiger partial charge < -0.3 is 5.32 Å². The van der Waals surface area contributed by atoms with Crippen LogP contribution in [0.3, 0.4) is 0 Å². The second-order valence-electron chi connectivity index (χ2n) is 7.46. The van der Waals surface area contributed by atoms with Crippen LogP contribution >= 0.6 is 39.3 Å². The zero-order valence-electron chi connectivity index (χ0n) is 17.6. The second-order valence-corrected chi connectivity index (χ2v) is 9.98. The zero-order valence-corrected chi connectivity index (χ0v) is 20.7. The highest BCUT2D eigenvalue weighted by atomic mass is 79.9. The number of halogens is 2. The third kappa shape index (κ3) is 6.47. The summed E-state index contributed by atoms with van der Waals surface area (Å²) >= 11 is 10.7. The fourth-order valence-electron chi connectivity index (χ4n) is 3.36. The predicted molar refractivity (Wildman–Crippen MR) is 139 cm³/mol. The fourth-order valence-corrected chi connectivity index (χ4v) is 5.01. The molecular weight excluding hydrogens is 522 g/mol. The van der Waals surface area contributed by atoms with Gasteiger partial charge in [0, 0.05) is 28.1 Å². The lowest BCUT2D eigenvalue weighted by atomic mass is 10.1. The number of carbonyl (C=O) groups excluding carboxylic acids is 2. The standard InChI is InChI=1S/C25H21BrClN3O2S/c26-18-5-4-8-21(15-18)28-24(32)22-16-23(31)30(14-13-17-9-11-19(27)12-10-17)25(33-22)29-20-6-2-1-3-7-20/h1-12,15,22H,13-14,16H2,(H,28,32).